The molecule has 0 aliphatic carbocycles. The molecule has 0 radical (unpaired) electrons. The first-order chi connectivity index (χ1) is 4.00. The van der Waals surface area contributed by atoms with Crippen LogP contribution in [0, 0.1) is 0 Å². The predicted octanol–water partition coefficient (Wildman–Crippen LogP) is -0.847. The van der Waals surface area contributed by atoms with E-state index in [4.69, 9.17) is 4.79 Å². The second-order valence-corrected chi connectivity index (χ2v) is 1.48. The Labute approximate surface area is 64.3 Å². The molecule has 10 heavy (non-hydrogen) atoms. The van der Waals surface area contributed by atoms with Crippen molar-refractivity contribution in [2.75, 3.05) is 0 Å². The second-order valence-electron chi connectivity index (χ2n) is 1.04. The number of hydrazine groups is 1. The molecule has 0 spiro atoms. The van der Waals surface area contributed by atoms with E-state index < -0.39 is 5.24 Å². The van der Waals surface area contributed by atoms with Gasteiger partial charge in [0.2, 0.25) is 5.91 Å². The predicted molar refractivity (Wildman–Crippen MR) is 41.6 cm³/mol. The van der Waals surface area contributed by atoms with Gasteiger partial charge in [0.15, 0.2) is 0 Å². The van der Waals surface area contributed by atoms with E-state index >= 15 is 0 Å². The van der Waals surface area contributed by atoms with Crippen LogP contribution in [-0.4, -0.2) is 11.1 Å². The van der Waals surface area contributed by atoms with E-state index in [0.717, 1.165) is 0 Å². The summed E-state index contributed by atoms with van der Waals surface area (Å²) in [5.74, 6) is 4.35. The van der Waals surface area contributed by atoms with Crippen molar-refractivity contribution < 1.29 is 9.59 Å². The van der Waals surface area contributed by atoms with Gasteiger partial charge in [-0.1, -0.05) is 12.6 Å². The Bertz CT molecular complexity index is 103. The Morgan fingerprint density at radius 2 is 1.60 bits per heavy atom. The maximum absolute atomic E-state index is 9.58. The zero-order valence-electron chi connectivity index (χ0n) is 5.63. The fraction of sp³-hybridized carbons (Fsp3) is 0.333. The van der Waals surface area contributed by atoms with Crippen LogP contribution in [0.5, 0.6) is 0 Å². The third-order valence-corrected chi connectivity index (χ3v) is 0.203. The van der Waals surface area contributed by atoms with Crippen molar-refractivity contribution in [1.82, 2.24) is 11.6 Å². The lowest BCUT2D eigenvalue weighted by Gasteiger charge is -1.80. The summed E-state index contributed by atoms with van der Waals surface area (Å²) in [7, 11) is 0. The highest BCUT2D eigenvalue weighted by molar-refractivity contribution is 7.96. The summed E-state index contributed by atoms with van der Waals surface area (Å²) in [5.41, 5.74) is 6.23. The number of hydrogen-bond donors (Lipinski definition) is 5. The highest BCUT2D eigenvalue weighted by atomic mass is 32.1. The number of primary amides is 1. The second kappa shape index (κ2) is 11.1. The van der Waals surface area contributed by atoms with Crippen molar-refractivity contribution in [2.45, 2.75) is 6.92 Å². The van der Waals surface area contributed by atoms with Gasteiger partial charge in [0, 0.05) is 6.92 Å². The van der Waals surface area contributed by atoms with Crippen LogP contribution in [0.25, 0.3) is 0 Å². The molecule has 2 amide bonds. The first kappa shape index (κ1) is 16.1. The minimum atomic E-state index is -0.639. The molecular formula is C3H12N4O2S. The molecule has 0 saturated carbocycles. The molecule has 6 nitrogen and oxygen atoms in total. The standard InChI is InChI=1S/C2H6N2O.CH3NOS.H3N/c1-2(5)4-3;2-1(3)4;/h3H2,1H3,(H,4,5);(H3,2,3,4);1H3. The molecule has 0 aromatic carbocycles. The molecule has 0 aliphatic heterocycles. The molecule has 7 heteroatoms. The summed E-state index contributed by atoms with van der Waals surface area (Å²) >= 11 is 3.10. The third kappa shape index (κ3) is 190. The van der Waals surface area contributed by atoms with Gasteiger partial charge in [-0.2, -0.15) is 0 Å². The van der Waals surface area contributed by atoms with Crippen molar-refractivity contribution in [3.05, 3.63) is 0 Å². The summed E-state index contributed by atoms with van der Waals surface area (Å²) in [6, 6.07) is 0. The average Bonchev–Trinajstić information content (AvgIpc) is 1.65. The monoisotopic (exact) mass is 168 g/mol. The number of nitrogens with two attached hydrogens (primary N) is 2. The number of rotatable bonds is 0. The number of carbonyl (C=O) groups excluding carboxylic acids is 2. The molecule has 0 aromatic heterocycles. The lowest BCUT2D eigenvalue weighted by molar-refractivity contribution is -0.119. The molecule has 0 aromatic rings. The SMILES string of the molecule is CC(=O)NN.N.NC(=O)S. The van der Waals surface area contributed by atoms with Gasteiger partial charge in [0.1, 0.15) is 0 Å². The molecule has 0 atom stereocenters. The summed E-state index contributed by atoms with van der Waals surface area (Å²) in [6.45, 7) is 1.35. The Balaban J connectivity index is -0.0000000910. The van der Waals surface area contributed by atoms with E-state index in [1.165, 1.54) is 6.92 Å². The summed E-state index contributed by atoms with van der Waals surface area (Å²) in [5, 5.41) is -0.639. The average molecular weight is 168 g/mol. The number of thiol groups is 1. The van der Waals surface area contributed by atoms with Crippen LogP contribution in [0.15, 0.2) is 0 Å². The number of nitrogens with one attached hydrogen (secondary N) is 1. The van der Waals surface area contributed by atoms with Gasteiger partial charge in [0.25, 0.3) is 5.24 Å². The van der Waals surface area contributed by atoms with E-state index in [1.807, 2.05) is 5.43 Å². The molecule has 0 bridgehead atoms. The highest BCUT2D eigenvalue weighted by Crippen LogP contribution is 1.60. The van der Waals surface area contributed by atoms with Crippen LogP contribution in [0.1, 0.15) is 6.92 Å². The van der Waals surface area contributed by atoms with Crippen LogP contribution in [-0.2, 0) is 4.79 Å². The number of amides is 2. The number of hydrogen-bond acceptors (Lipinski definition) is 4. The largest absolute Gasteiger partial charge is 0.361 e. The van der Waals surface area contributed by atoms with Crippen molar-refractivity contribution in [3.63, 3.8) is 0 Å². The first-order valence-corrected chi connectivity index (χ1v) is 2.41. The molecule has 8 N–H and O–H groups in total. The van der Waals surface area contributed by atoms with Crippen LogP contribution in [0.4, 0.5) is 4.79 Å². The van der Waals surface area contributed by atoms with Gasteiger partial charge in [-0.15, -0.1) is 0 Å². The lowest BCUT2D eigenvalue weighted by Crippen LogP contribution is -2.26. The Hall–Kier alpha value is -0.790. The van der Waals surface area contributed by atoms with Crippen LogP contribution in [0.2, 0.25) is 0 Å². The van der Waals surface area contributed by atoms with Crippen LogP contribution < -0.4 is 23.2 Å². The lowest BCUT2D eigenvalue weighted by atomic mass is 10.8. The fourth-order valence-electron chi connectivity index (χ4n) is 0. The molecule has 0 aliphatic rings. The van der Waals surface area contributed by atoms with Gasteiger partial charge in [-0.05, 0) is 0 Å². The summed E-state index contributed by atoms with van der Waals surface area (Å²) in [4.78, 5) is 18.7. The van der Waals surface area contributed by atoms with E-state index in [2.05, 4.69) is 24.2 Å². The maximum atomic E-state index is 9.58. The summed E-state index contributed by atoms with van der Waals surface area (Å²) < 4.78 is 0. The summed E-state index contributed by atoms with van der Waals surface area (Å²) in [6.07, 6.45) is 0. The molecule has 0 rings (SSSR count). The fourth-order valence-corrected chi connectivity index (χ4v) is 0. The van der Waals surface area contributed by atoms with E-state index in [-0.39, 0.29) is 12.1 Å². The van der Waals surface area contributed by atoms with Gasteiger partial charge in [-0.3, -0.25) is 15.0 Å². The Kier molecular flexibility index (Phi) is 17.8. The maximum Gasteiger partial charge on any atom is 0.273 e. The van der Waals surface area contributed by atoms with Gasteiger partial charge >= 0.3 is 0 Å². The minimum Gasteiger partial charge on any atom is -0.361 e. The van der Waals surface area contributed by atoms with Crippen molar-refractivity contribution in [3.8, 4) is 0 Å². The topological polar surface area (TPSA) is 133 Å². The molecule has 0 unspecified atom stereocenters. The van der Waals surface area contributed by atoms with Crippen molar-refractivity contribution >= 4 is 23.8 Å². The first-order valence-electron chi connectivity index (χ1n) is 1.96. The molecule has 62 valence electrons. The van der Waals surface area contributed by atoms with E-state index in [0.29, 0.717) is 0 Å². The quantitative estimate of drug-likeness (QED) is 0.139. The van der Waals surface area contributed by atoms with Gasteiger partial charge in [0.05, 0.1) is 0 Å². The normalized spacial score (nSPS) is 5.90. The zero-order chi connectivity index (χ0) is 7.86. The van der Waals surface area contributed by atoms with E-state index in [9.17, 15) is 4.79 Å². The van der Waals surface area contributed by atoms with Crippen molar-refractivity contribution in [2.24, 2.45) is 11.6 Å². The van der Waals surface area contributed by atoms with Crippen LogP contribution in [0.3, 0.4) is 0 Å². The smallest absolute Gasteiger partial charge is 0.273 e. The molecule has 0 fully saturated rings. The van der Waals surface area contributed by atoms with Gasteiger partial charge in [-0.25, -0.2) is 5.84 Å². The Morgan fingerprint density at radius 1 is 1.50 bits per heavy atom. The zero-order valence-corrected chi connectivity index (χ0v) is 6.52. The van der Waals surface area contributed by atoms with E-state index in [1.54, 1.807) is 0 Å². The van der Waals surface area contributed by atoms with Gasteiger partial charge < -0.3 is 11.9 Å². The highest BCUT2D eigenvalue weighted by Gasteiger charge is 1.73. The van der Waals surface area contributed by atoms with Crippen molar-refractivity contribution in [1.29, 1.82) is 0 Å². The third-order valence-electron chi connectivity index (χ3n) is 0.203. The minimum absolute atomic E-state index is 0. The molecule has 0 heterocycles. The molecule has 0 saturated heterocycles. The number of carbonyl (C=O) groups is 2. The Morgan fingerprint density at radius 3 is 1.60 bits per heavy atom. The molecular weight excluding hydrogens is 156 g/mol. The van der Waals surface area contributed by atoms with Crippen LogP contribution >= 0.6 is 12.6 Å².